The zero-order chi connectivity index (χ0) is 17.6. The summed E-state index contributed by atoms with van der Waals surface area (Å²) in [6.45, 7) is 2.23. The Hall–Kier alpha value is -2.86. The molecule has 0 radical (unpaired) electrons. The Kier molecular flexibility index (Phi) is 3.69. The molecule has 2 aromatic carbocycles. The average molecular weight is 338 g/mol. The van der Waals surface area contributed by atoms with E-state index in [9.17, 15) is 4.39 Å². The number of benzene rings is 2. The van der Waals surface area contributed by atoms with Crippen molar-refractivity contribution in [2.45, 2.75) is 19.4 Å². The first kappa shape index (κ1) is 15.7. The van der Waals surface area contributed by atoms with Crippen molar-refractivity contribution in [1.82, 2.24) is 9.78 Å². The topological polar surface area (TPSA) is 79.1 Å². The van der Waals surface area contributed by atoms with Gasteiger partial charge in [-0.05, 0) is 36.8 Å². The fourth-order valence-corrected chi connectivity index (χ4v) is 3.33. The van der Waals surface area contributed by atoms with Crippen LogP contribution in [-0.2, 0) is 6.42 Å². The summed E-state index contributed by atoms with van der Waals surface area (Å²) in [6, 6.07) is 13.0. The van der Waals surface area contributed by atoms with Crippen LogP contribution in [0.1, 0.15) is 11.3 Å². The van der Waals surface area contributed by atoms with Gasteiger partial charge in [0.05, 0.1) is 11.4 Å². The maximum absolute atomic E-state index is 14.5. The summed E-state index contributed by atoms with van der Waals surface area (Å²) < 4.78 is 21.7. The molecular formula is C19H19FN4O. The summed E-state index contributed by atoms with van der Waals surface area (Å²) in [7, 11) is 0. The molecule has 1 aromatic heterocycles. The predicted molar refractivity (Wildman–Crippen MR) is 95.3 cm³/mol. The van der Waals surface area contributed by atoms with Crippen LogP contribution in [0.2, 0.25) is 0 Å². The van der Waals surface area contributed by atoms with E-state index in [0.717, 1.165) is 22.5 Å². The minimum atomic E-state index is -0.394. The maximum Gasteiger partial charge on any atom is 0.165 e. The fourth-order valence-electron chi connectivity index (χ4n) is 3.33. The summed E-state index contributed by atoms with van der Waals surface area (Å²) in [4.78, 5) is 0. The van der Waals surface area contributed by atoms with Crippen molar-refractivity contribution in [2.75, 3.05) is 12.3 Å². The third-order valence-electron chi connectivity index (χ3n) is 4.50. The molecule has 128 valence electrons. The number of halogens is 1. The van der Waals surface area contributed by atoms with E-state index in [4.69, 9.17) is 16.2 Å². The van der Waals surface area contributed by atoms with E-state index in [-0.39, 0.29) is 6.10 Å². The quantitative estimate of drug-likeness (QED) is 0.770. The molecule has 0 unspecified atom stereocenters. The highest BCUT2D eigenvalue weighted by Gasteiger charge is 2.27. The molecule has 1 atom stereocenters. The van der Waals surface area contributed by atoms with E-state index in [1.54, 1.807) is 4.68 Å². The monoisotopic (exact) mass is 338 g/mol. The first-order valence-electron chi connectivity index (χ1n) is 8.18. The molecule has 2 heterocycles. The van der Waals surface area contributed by atoms with E-state index in [1.165, 1.54) is 6.07 Å². The second-order valence-corrected chi connectivity index (χ2v) is 6.22. The van der Waals surface area contributed by atoms with Crippen LogP contribution in [-0.4, -0.2) is 22.4 Å². The number of nitrogen functional groups attached to an aromatic ring is 1. The molecule has 0 aliphatic carbocycles. The molecular weight excluding hydrogens is 319 g/mol. The molecule has 1 aliphatic rings. The van der Waals surface area contributed by atoms with E-state index in [1.807, 2.05) is 43.3 Å². The standard InChI is InChI=1S/C19H19FN4O/c1-11-17(19(22)24(23-11)14-5-3-2-4-6-14)12-7-13-8-15(10-21)25-18(13)16(20)9-12/h2-7,9,15H,8,10,21-22H2,1H3/t15-/m0/s1. The van der Waals surface area contributed by atoms with Gasteiger partial charge < -0.3 is 16.2 Å². The highest BCUT2D eigenvalue weighted by atomic mass is 19.1. The third-order valence-corrected chi connectivity index (χ3v) is 4.50. The molecule has 4 N–H and O–H groups in total. The van der Waals surface area contributed by atoms with Gasteiger partial charge >= 0.3 is 0 Å². The zero-order valence-electron chi connectivity index (χ0n) is 13.9. The zero-order valence-corrected chi connectivity index (χ0v) is 13.9. The Bertz CT molecular complexity index is 936. The Labute approximate surface area is 145 Å². The summed E-state index contributed by atoms with van der Waals surface area (Å²) in [5.41, 5.74) is 15.9. The van der Waals surface area contributed by atoms with Crippen molar-refractivity contribution in [3.05, 3.63) is 59.5 Å². The molecule has 25 heavy (non-hydrogen) atoms. The second kappa shape index (κ2) is 5.89. The van der Waals surface area contributed by atoms with E-state index in [2.05, 4.69) is 5.10 Å². The minimum absolute atomic E-state index is 0.176. The molecule has 0 amide bonds. The summed E-state index contributed by atoms with van der Waals surface area (Å²) in [6.07, 6.45) is 0.424. The van der Waals surface area contributed by atoms with Gasteiger partial charge in [0.2, 0.25) is 0 Å². The first-order valence-corrected chi connectivity index (χ1v) is 8.18. The largest absolute Gasteiger partial charge is 0.485 e. The smallest absolute Gasteiger partial charge is 0.165 e. The molecule has 0 saturated carbocycles. The van der Waals surface area contributed by atoms with Crippen LogP contribution in [0.25, 0.3) is 16.8 Å². The lowest BCUT2D eigenvalue weighted by Gasteiger charge is -2.08. The second-order valence-electron chi connectivity index (χ2n) is 6.22. The van der Waals surface area contributed by atoms with Crippen molar-refractivity contribution >= 4 is 5.82 Å². The lowest BCUT2D eigenvalue weighted by molar-refractivity contribution is 0.232. The van der Waals surface area contributed by atoms with Gasteiger partial charge in [-0.3, -0.25) is 0 Å². The number of hydrogen-bond acceptors (Lipinski definition) is 4. The summed E-state index contributed by atoms with van der Waals surface area (Å²) in [5, 5.41) is 4.53. The lowest BCUT2D eigenvalue weighted by atomic mass is 10.0. The van der Waals surface area contributed by atoms with Crippen molar-refractivity contribution in [2.24, 2.45) is 5.73 Å². The van der Waals surface area contributed by atoms with Gasteiger partial charge in [0, 0.05) is 24.1 Å². The number of aryl methyl sites for hydroxylation is 1. The van der Waals surface area contributed by atoms with Gasteiger partial charge in [-0.1, -0.05) is 18.2 Å². The molecule has 3 aromatic rings. The molecule has 0 bridgehead atoms. The van der Waals surface area contributed by atoms with E-state index >= 15 is 0 Å². The van der Waals surface area contributed by atoms with Gasteiger partial charge in [0.25, 0.3) is 0 Å². The number of aromatic nitrogens is 2. The SMILES string of the molecule is Cc1nn(-c2ccccc2)c(N)c1-c1cc(F)c2c(c1)C[C@@H](CN)O2. The van der Waals surface area contributed by atoms with Crippen molar-refractivity contribution < 1.29 is 9.13 Å². The van der Waals surface area contributed by atoms with Gasteiger partial charge in [0.1, 0.15) is 11.9 Å². The molecule has 0 fully saturated rings. The van der Waals surface area contributed by atoms with Crippen LogP contribution in [0.5, 0.6) is 5.75 Å². The van der Waals surface area contributed by atoms with E-state index < -0.39 is 5.82 Å². The minimum Gasteiger partial charge on any atom is -0.485 e. The van der Waals surface area contributed by atoms with Crippen molar-refractivity contribution in [3.63, 3.8) is 0 Å². The fraction of sp³-hybridized carbons (Fsp3) is 0.211. The van der Waals surface area contributed by atoms with Crippen LogP contribution in [0, 0.1) is 12.7 Å². The molecule has 5 nitrogen and oxygen atoms in total. The highest BCUT2D eigenvalue weighted by Crippen LogP contribution is 2.38. The average Bonchev–Trinajstić information content (AvgIpc) is 3.16. The number of anilines is 1. The lowest BCUT2D eigenvalue weighted by Crippen LogP contribution is -2.24. The molecule has 0 saturated heterocycles. The summed E-state index contributed by atoms with van der Waals surface area (Å²) in [5.74, 6) is 0.387. The molecule has 6 heteroatoms. The first-order chi connectivity index (χ1) is 12.1. The van der Waals surface area contributed by atoms with Gasteiger partial charge in [0.15, 0.2) is 11.6 Å². The van der Waals surface area contributed by atoms with E-state index in [0.29, 0.717) is 30.1 Å². The predicted octanol–water partition coefficient (Wildman–Crippen LogP) is 2.83. The van der Waals surface area contributed by atoms with Crippen LogP contribution in [0.3, 0.4) is 0 Å². The number of fused-ring (bicyclic) bond motifs is 1. The van der Waals surface area contributed by atoms with Gasteiger partial charge in [-0.15, -0.1) is 0 Å². The number of rotatable bonds is 3. The van der Waals surface area contributed by atoms with Crippen LogP contribution in [0.4, 0.5) is 10.2 Å². The summed E-state index contributed by atoms with van der Waals surface area (Å²) >= 11 is 0. The molecule has 1 aliphatic heterocycles. The third kappa shape index (κ3) is 2.55. The van der Waals surface area contributed by atoms with Crippen molar-refractivity contribution in [3.8, 4) is 22.6 Å². The highest BCUT2D eigenvalue weighted by molar-refractivity contribution is 5.79. The molecule has 0 spiro atoms. The Balaban J connectivity index is 1.82. The van der Waals surface area contributed by atoms with Crippen molar-refractivity contribution in [1.29, 1.82) is 0 Å². The van der Waals surface area contributed by atoms with Crippen LogP contribution in [0.15, 0.2) is 42.5 Å². The normalized spacial score (nSPS) is 15.9. The van der Waals surface area contributed by atoms with Gasteiger partial charge in [-0.25, -0.2) is 9.07 Å². The Morgan fingerprint density at radius 2 is 2.04 bits per heavy atom. The Morgan fingerprint density at radius 1 is 1.28 bits per heavy atom. The molecule has 4 rings (SSSR count). The number of para-hydroxylation sites is 1. The Morgan fingerprint density at radius 3 is 2.76 bits per heavy atom. The maximum atomic E-state index is 14.5. The number of hydrogen-bond donors (Lipinski definition) is 2. The number of nitrogens with two attached hydrogens (primary N) is 2. The van der Waals surface area contributed by atoms with Crippen LogP contribution >= 0.6 is 0 Å². The van der Waals surface area contributed by atoms with Crippen LogP contribution < -0.4 is 16.2 Å². The number of nitrogens with zero attached hydrogens (tertiary/aromatic N) is 2. The van der Waals surface area contributed by atoms with Gasteiger partial charge in [-0.2, -0.15) is 5.10 Å². The number of ether oxygens (including phenoxy) is 1.